The van der Waals surface area contributed by atoms with Crippen LogP contribution in [0.4, 0.5) is 0 Å². The van der Waals surface area contributed by atoms with Crippen molar-refractivity contribution in [3.63, 3.8) is 0 Å². The van der Waals surface area contributed by atoms with Crippen LogP contribution in [0.2, 0.25) is 0 Å². The van der Waals surface area contributed by atoms with Crippen molar-refractivity contribution < 1.29 is 0 Å². The highest BCUT2D eigenvalue weighted by Gasteiger charge is 2.18. The Morgan fingerprint density at radius 2 is 0.800 bits per heavy atom. The Morgan fingerprint density at radius 3 is 1.44 bits per heavy atom. The molecule has 10 aromatic rings. The molecule has 2 heterocycles. The van der Waals surface area contributed by atoms with Gasteiger partial charge in [0.05, 0.1) is 22.6 Å². The van der Waals surface area contributed by atoms with E-state index in [1.165, 1.54) is 37.7 Å². The highest BCUT2D eigenvalue weighted by molar-refractivity contribution is 6.32. The number of nitrogens with zero attached hydrogens (tertiary/aromatic N) is 3. The van der Waals surface area contributed by atoms with E-state index in [1.54, 1.807) is 0 Å². The van der Waals surface area contributed by atoms with E-state index in [2.05, 4.69) is 140 Å². The zero-order valence-corrected chi connectivity index (χ0v) is 27.1. The molecule has 50 heavy (non-hydrogen) atoms. The van der Waals surface area contributed by atoms with Gasteiger partial charge < -0.3 is 0 Å². The van der Waals surface area contributed by atoms with Gasteiger partial charge in [0.15, 0.2) is 5.82 Å². The number of fused-ring (bicyclic) bond motifs is 9. The molecule has 0 saturated carbocycles. The van der Waals surface area contributed by atoms with E-state index >= 15 is 0 Å². The summed E-state index contributed by atoms with van der Waals surface area (Å²) in [6, 6.07) is 61.9. The smallest absolute Gasteiger partial charge is 0.160 e. The lowest BCUT2D eigenvalue weighted by Gasteiger charge is -2.16. The number of hydrogen-bond donors (Lipinski definition) is 0. The highest BCUT2D eigenvalue weighted by Crippen LogP contribution is 2.42. The van der Waals surface area contributed by atoms with Crippen LogP contribution in [0.5, 0.6) is 0 Å². The summed E-state index contributed by atoms with van der Waals surface area (Å²) < 4.78 is 0. The number of rotatable bonds is 4. The van der Waals surface area contributed by atoms with E-state index in [-0.39, 0.29) is 0 Å². The predicted octanol–water partition coefficient (Wildman–Crippen LogP) is 12.3. The Hall–Kier alpha value is -6.71. The van der Waals surface area contributed by atoms with Crippen LogP contribution in [0.1, 0.15) is 0 Å². The van der Waals surface area contributed by atoms with E-state index in [9.17, 15) is 0 Å². The number of pyridine rings is 1. The van der Waals surface area contributed by atoms with Crippen molar-refractivity contribution >= 4 is 54.0 Å². The molecule has 0 amide bonds. The molecule has 0 fully saturated rings. The summed E-state index contributed by atoms with van der Waals surface area (Å²) in [7, 11) is 0. The molecule has 0 atom stereocenters. The van der Waals surface area contributed by atoms with Gasteiger partial charge in [-0.25, -0.2) is 15.0 Å². The molecule has 0 spiro atoms. The van der Waals surface area contributed by atoms with Crippen molar-refractivity contribution in [2.24, 2.45) is 0 Å². The van der Waals surface area contributed by atoms with Crippen LogP contribution in [-0.4, -0.2) is 15.0 Å². The van der Waals surface area contributed by atoms with Gasteiger partial charge in [0, 0.05) is 38.4 Å². The fourth-order valence-electron chi connectivity index (χ4n) is 7.41. The molecule has 10 rings (SSSR count). The van der Waals surface area contributed by atoms with Crippen molar-refractivity contribution in [2.75, 3.05) is 0 Å². The van der Waals surface area contributed by atoms with Crippen LogP contribution in [0, 0.1) is 0 Å². The minimum atomic E-state index is 0.692. The topological polar surface area (TPSA) is 38.7 Å². The molecule has 0 saturated heterocycles. The first-order chi connectivity index (χ1) is 24.8. The molecule has 8 aromatic carbocycles. The van der Waals surface area contributed by atoms with Crippen molar-refractivity contribution in [3.8, 4) is 45.2 Å². The number of hydrogen-bond acceptors (Lipinski definition) is 3. The zero-order chi connectivity index (χ0) is 33.0. The summed E-state index contributed by atoms with van der Waals surface area (Å²) in [5, 5.41) is 10.9. The lowest BCUT2D eigenvalue weighted by Crippen LogP contribution is -1.96. The Bertz CT molecular complexity index is 2840. The second-order valence-electron chi connectivity index (χ2n) is 12.8. The van der Waals surface area contributed by atoms with E-state index < -0.39 is 0 Å². The zero-order valence-electron chi connectivity index (χ0n) is 27.1. The van der Waals surface area contributed by atoms with E-state index in [1.807, 2.05) is 36.4 Å². The molecular formula is C47H29N3. The first kappa shape index (κ1) is 28.3. The second-order valence-corrected chi connectivity index (χ2v) is 12.8. The number of aromatic nitrogens is 3. The molecule has 3 heteroatoms. The first-order valence-electron chi connectivity index (χ1n) is 16.9. The Labute approximate surface area is 289 Å². The summed E-state index contributed by atoms with van der Waals surface area (Å²) >= 11 is 0. The maximum absolute atomic E-state index is 5.51. The maximum atomic E-state index is 5.51. The van der Waals surface area contributed by atoms with Gasteiger partial charge in [-0.3, -0.25) is 0 Å². The van der Waals surface area contributed by atoms with Crippen LogP contribution in [0.25, 0.3) is 99.2 Å². The molecule has 0 aliphatic rings. The average molecular weight is 636 g/mol. The van der Waals surface area contributed by atoms with Gasteiger partial charge in [0.25, 0.3) is 0 Å². The first-order valence-corrected chi connectivity index (χ1v) is 16.9. The SMILES string of the molecule is c1ccc(-c2cc(-c3ccccc3)nc(-c3ccc(-c4nc5c6ccccc6c6cc7ccccc7cc6c5c5ccccc45)cc3)n2)cc1. The van der Waals surface area contributed by atoms with Crippen LogP contribution >= 0.6 is 0 Å². The molecule has 0 radical (unpaired) electrons. The lowest BCUT2D eigenvalue weighted by atomic mass is 9.91. The van der Waals surface area contributed by atoms with E-state index in [4.69, 9.17) is 15.0 Å². The molecule has 0 bridgehead atoms. The highest BCUT2D eigenvalue weighted by atomic mass is 14.9. The lowest BCUT2D eigenvalue weighted by molar-refractivity contribution is 1.18. The predicted molar refractivity (Wildman–Crippen MR) is 209 cm³/mol. The average Bonchev–Trinajstić information content (AvgIpc) is 3.20. The van der Waals surface area contributed by atoms with Crippen LogP contribution in [-0.2, 0) is 0 Å². The molecule has 0 aliphatic heterocycles. The van der Waals surface area contributed by atoms with Crippen molar-refractivity contribution in [2.45, 2.75) is 0 Å². The van der Waals surface area contributed by atoms with Gasteiger partial charge in [0.1, 0.15) is 0 Å². The minimum Gasteiger partial charge on any atom is -0.246 e. The summed E-state index contributed by atoms with van der Waals surface area (Å²) in [5.41, 5.74) is 7.91. The summed E-state index contributed by atoms with van der Waals surface area (Å²) in [6.07, 6.45) is 0. The van der Waals surface area contributed by atoms with Gasteiger partial charge in [-0.15, -0.1) is 0 Å². The fraction of sp³-hybridized carbons (Fsp3) is 0. The van der Waals surface area contributed by atoms with Crippen molar-refractivity contribution in [1.29, 1.82) is 0 Å². The molecule has 0 unspecified atom stereocenters. The quantitative estimate of drug-likeness (QED) is 0.143. The third kappa shape index (κ3) is 4.63. The molecule has 0 N–H and O–H groups in total. The Balaban J connectivity index is 1.18. The van der Waals surface area contributed by atoms with Crippen LogP contribution in [0.3, 0.4) is 0 Å². The summed E-state index contributed by atoms with van der Waals surface area (Å²) in [4.78, 5) is 15.6. The number of benzene rings is 8. The van der Waals surface area contributed by atoms with Gasteiger partial charge in [-0.1, -0.05) is 158 Å². The molecule has 232 valence electrons. The van der Waals surface area contributed by atoms with Gasteiger partial charge in [-0.05, 0) is 50.5 Å². The second kappa shape index (κ2) is 11.5. The monoisotopic (exact) mass is 635 g/mol. The Kier molecular flexibility index (Phi) is 6.49. The third-order valence-electron chi connectivity index (χ3n) is 9.82. The van der Waals surface area contributed by atoms with Crippen LogP contribution in [0.15, 0.2) is 176 Å². The standard InChI is InChI=1S/C47H29N3/c1-3-13-30(14-4-1)42-29-43(31-15-5-2-6-16-31)49-47(48-42)33-25-23-32(24-26-33)45-39-22-12-10-20-37(39)44-41-28-35-18-8-7-17-34(35)27-40(41)36-19-9-11-21-38(36)46(44)50-45/h1-29H. The van der Waals surface area contributed by atoms with Crippen molar-refractivity contribution in [3.05, 3.63) is 176 Å². The Morgan fingerprint density at radius 1 is 0.300 bits per heavy atom. The van der Waals surface area contributed by atoms with E-state index in [0.29, 0.717) is 5.82 Å². The van der Waals surface area contributed by atoms with Crippen LogP contribution < -0.4 is 0 Å². The van der Waals surface area contributed by atoms with Gasteiger partial charge >= 0.3 is 0 Å². The molecule has 2 aromatic heterocycles. The normalized spacial score (nSPS) is 11.6. The largest absolute Gasteiger partial charge is 0.246 e. The summed E-state index contributed by atoms with van der Waals surface area (Å²) in [5.74, 6) is 0.692. The summed E-state index contributed by atoms with van der Waals surface area (Å²) in [6.45, 7) is 0. The minimum absolute atomic E-state index is 0.692. The van der Waals surface area contributed by atoms with E-state index in [0.717, 1.165) is 55.6 Å². The van der Waals surface area contributed by atoms with Crippen molar-refractivity contribution in [1.82, 2.24) is 15.0 Å². The fourth-order valence-corrected chi connectivity index (χ4v) is 7.41. The van der Waals surface area contributed by atoms with Gasteiger partial charge in [0.2, 0.25) is 0 Å². The van der Waals surface area contributed by atoms with Gasteiger partial charge in [-0.2, -0.15) is 0 Å². The molecule has 0 aliphatic carbocycles. The third-order valence-corrected chi connectivity index (χ3v) is 9.82. The maximum Gasteiger partial charge on any atom is 0.160 e. The molecule has 3 nitrogen and oxygen atoms in total. The molecular weight excluding hydrogens is 607 g/mol.